The lowest BCUT2D eigenvalue weighted by Crippen LogP contribution is -2.39. The van der Waals surface area contributed by atoms with Gasteiger partial charge >= 0.3 is 6.09 Å². The van der Waals surface area contributed by atoms with Crippen molar-refractivity contribution in [1.82, 2.24) is 5.06 Å². The first kappa shape index (κ1) is 11.7. The molecule has 6 heteroatoms. The molecule has 0 aromatic heterocycles. The van der Waals surface area contributed by atoms with Gasteiger partial charge in [0, 0.05) is 19.4 Å². The van der Waals surface area contributed by atoms with E-state index in [2.05, 4.69) is 0 Å². The minimum atomic E-state index is -0.687. The molecule has 0 unspecified atom stereocenters. The fourth-order valence-corrected chi connectivity index (χ4v) is 2.31. The van der Waals surface area contributed by atoms with Gasteiger partial charge in [-0.2, -0.15) is 0 Å². The van der Waals surface area contributed by atoms with E-state index < -0.39 is 17.9 Å². The number of hydrogen-bond donors (Lipinski definition) is 0. The lowest BCUT2D eigenvalue weighted by Gasteiger charge is -2.19. The highest BCUT2D eigenvalue weighted by molar-refractivity contribution is 6.02. The number of carbonyl (C=O) groups is 3. The normalized spacial score (nSPS) is 17.9. The van der Waals surface area contributed by atoms with Crippen molar-refractivity contribution >= 4 is 23.6 Å². The predicted molar refractivity (Wildman–Crippen MR) is 65.1 cm³/mol. The molecule has 0 saturated carbocycles. The maximum absolute atomic E-state index is 12.0. The molecule has 0 spiro atoms. The predicted octanol–water partition coefficient (Wildman–Crippen LogP) is 1.25. The van der Waals surface area contributed by atoms with Crippen LogP contribution in [0.4, 0.5) is 10.5 Å². The number of hydrogen-bond acceptors (Lipinski definition) is 4. The fourth-order valence-electron chi connectivity index (χ4n) is 2.31. The summed E-state index contributed by atoms with van der Waals surface area (Å²) < 4.78 is 0. The van der Waals surface area contributed by atoms with Gasteiger partial charge in [0.15, 0.2) is 0 Å². The molecule has 6 nitrogen and oxygen atoms in total. The summed E-state index contributed by atoms with van der Waals surface area (Å²) in [6, 6.07) is 7.49. The maximum Gasteiger partial charge on any atom is 0.439 e. The molecule has 19 heavy (non-hydrogen) atoms. The number of fused-ring (bicyclic) bond motifs is 1. The molecule has 0 radical (unpaired) electrons. The van der Waals surface area contributed by atoms with Crippen LogP contribution in [0.15, 0.2) is 24.3 Å². The van der Waals surface area contributed by atoms with E-state index in [1.165, 1.54) is 4.90 Å². The van der Waals surface area contributed by atoms with E-state index in [1.54, 1.807) is 0 Å². The van der Waals surface area contributed by atoms with Gasteiger partial charge in [-0.1, -0.05) is 18.2 Å². The molecule has 0 aliphatic carbocycles. The summed E-state index contributed by atoms with van der Waals surface area (Å²) in [5, 5.41) is 0.573. The van der Waals surface area contributed by atoms with Crippen molar-refractivity contribution in [3.8, 4) is 0 Å². The number of anilines is 1. The Balaban J connectivity index is 1.76. The average molecular weight is 260 g/mol. The zero-order valence-corrected chi connectivity index (χ0v) is 10.2. The molecule has 1 saturated heterocycles. The van der Waals surface area contributed by atoms with E-state index in [-0.39, 0.29) is 12.8 Å². The standard InChI is InChI=1S/C13H12N2O4/c16-11-5-6-12(17)15(11)19-13(18)14-8-7-9-3-1-2-4-10(9)14/h1-4H,5-8H2. The highest BCUT2D eigenvalue weighted by Crippen LogP contribution is 2.28. The molecule has 1 aromatic carbocycles. The first-order valence-corrected chi connectivity index (χ1v) is 6.10. The van der Waals surface area contributed by atoms with Crippen molar-refractivity contribution in [1.29, 1.82) is 0 Å². The third-order valence-electron chi connectivity index (χ3n) is 3.28. The highest BCUT2D eigenvalue weighted by Gasteiger charge is 2.35. The molecule has 3 amide bonds. The van der Waals surface area contributed by atoms with Crippen LogP contribution in [0.25, 0.3) is 0 Å². The van der Waals surface area contributed by atoms with Crippen LogP contribution in [-0.4, -0.2) is 29.5 Å². The molecule has 0 atom stereocenters. The van der Waals surface area contributed by atoms with Crippen LogP contribution in [0.5, 0.6) is 0 Å². The number of amides is 3. The van der Waals surface area contributed by atoms with Crippen molar-refractivity contribution in [2.45, 2.75) is 19.3 Å². The van der Waals surface area contributed by atoms with Crippen LogP contribution in [0, 0.1) is 0 Å². The molecule has 98 valence electrons. The zero-order chi connectivity index (χ0) is 13.4. The maximum atomic E-state index is 12.0. The number of imide groups is 1. The smallest absolute Gasteiger partial charge is 0.310 e. The van der Waals surface area contributed by atoms with Gasteiger partial charge in [-0.15, -0.1) is 5.06 Å². The Morgan fingerprint density at radius 1 is 1.05 bits per heavy atom. The molecule has 1 fully saturated rings. The number of benzene rings is 1. The van der Waals surface area contributed by atoms with E-state index in [1.807, 2.05) is 24.3 Å². The van der Waals surface area contributed by atoms with Crippen LogP contribution < -0.4 is 4.90 Å². The molecule has 2 aliphatic rings. The third kappa shape index (κ3) is 1.95. The Morgan fingerprint density at radius 2 is 1.74 bits per heavy atom. The van der Waals surface area contributed by atoms with Gasteiger partial charge in [0.1, 0.15) is 0 Å². The van der Waals surface area contributed by atoms with Crippen molar-refractivity contribution in [3.63, 3.8) is 0 Å². The minimum Gasteiger partial charge on any atom is -0.310 e. The topological polar surface area (TPSA) is 66.9 Å². The van der Waals surface area contributed by atoms with E-state index >= 15 is 0 Å². The highest BCUT2D eigenvalue weighted by atomic mass is 16.7. The lowest BCUT2D eigenvalue weighted by molar-refractivity contribution is -0.170. The first-order chi connectivity index (χ1) is 9.16. The van der Waals surface area contributed by atoms with Crippen molar-refractivity contribution in [2.75, 3.05) is 11.4 Å². The first-order valence-electron chi connectivity index (χ1n) is 6.10. The minimum absolute atomic E-state index is 0.0999. The summed E-state index contributed by atoms with van der Waals surface area (Å²) in [4.78, 5) is 41.1. The van der Waals surface area contributed by atoms with Gasteiger partial charge < -0.3 is 4.84 Å². The van der Waals surface area contributed by atoms with Gasteiger partial charge in [0.25, 0.3) is 11.8 Å². The quantitative estimate of drug-likeness (QED) is 0.713. The second-order valence-electron chi connectivity index (χ2n) is 4.47. The summed E-state index contributed by atoms with van der Waals surface area (Å²) in [5.41, 5.74) is 1.82. The summed E-state index contributed by atoms with van der Waals surface area (Å²) in [6.45, 7) is 0.494. The Kier molecular flexibility index (Phi) is 2.70. The van der Waals surface area contributed by atoms with Crippen LogP contribution in [0.3, 0.4) is 0 Å². The van der Waals surface area contributed by atoms with Crippen LogP contribution in [0.1, 0.15) is 18.4 Å². The number of carbonyl (C=O) groups excluding carboxylic acids is 3. The average Bonchev–Trinajstić information content (AvgIpc) is 2.97. The number of nitrogens with zero attached hydrogens (tertiary/aromatic N) is 2. The third-order valence-corrected chi connectivity index (χ3v) is 3.28. The van der Waals surface area contributed by atoms with Crippen LogP contribution in [-0.2, 0) is 20.8 Å². The molecular weight excluding hydrogens is 248 g/mol. The van der Waals surface area contributed by atoms with Gasteiger partial charge in [0.2, 0.25) is 0 Å². The van der Waals surface area contributed by atoms with Gasteiger partial charge in [-0.25, -0.2) is 4.79 Å². The van der Waals surface area contributed by atoms with Crippen molar-refractivity contribution in [2.24, 2.45) is 0 Å². The number of para-hydroxylation sites is 1. The summed E-state index contributed by atoms with van der Waals surface area (Å²) in [5.74, 6) is -0.934. The SMILES string of the molecule is O=C1CCC(=O)N1OC(=O)N1CCc2ccccc21. The zero-order valence-electron chi connectivity index (χ0n) is 10.2. The van der Waals surface area contributed by atoms with Gasteiger partial charge in [-0.3, -0.25) is 14.5 Å². The second-order valence-corrected chi connectivity index (χ2v) is 4.47. The van der Waals surface area contributed by atoms with E-state index in [0.717, 1.165) is 17.7 Å². The molecule has 0 bridgehead atoms. The van der Waals surface area contributed by atoms with Gasteiger partial charge in [0.05, 0.1) is 5.69 Å². The Hall–Kier alpha value is -2.37. The lowest BCUT2D eigenvalue weighted by atomic mass is 10.2. The Morgan fingerprint density at radius 3 is 2.47 bits per heavy atom. The molecule has 1 aromatic rings. The van der Waals surface area contributed by atoms with E-state index in [4.69, 9.17) is 4.84 Å². The molecule has 0 N–H and O–H groups in total. The van der Waals surface area contributed by atoms with E-state index in [9.17, 15) is 14.4 Å². The largest absolute Gasteiger partial charge is 0.439 e. The van der Waals surface area contributed by atoms with Crippen molar-refractivity contribution < 1.29 is 19.2 Å². The Bertz CT molecular complexity index is 554. The number of rotatable bonds is 1. The summed E-state index contributed by atoms with van der Waals surface area (Å²) >= 11 is 0. The molecule has 2 aliphatic heterocycles. The summed E-state index contributed by atoms with van der Waals surface area (Å²) in [7, 11) is 0. The van der Waals surface area contributed by atoms with E-state index in [0.29, 0.717) is 11.6 Å². The Labute approximate surface area is 109 Å². The monoisotopic (exact) mass is 260 g/mol. The molecular formula is C13H12N2O4. The van der Waals surface area contributed by atoms with Crippen LogP contribution >= 0.6 is 0 Å². The van der Waals surface area contributed by atoms with Crippen molar-refractivity contribution in [3.05, 3.63) is 29.8 Å². The second kappa shape index (κ2) is 4.38. The molecule has 2 heterocycles. The molecule has 3 rings (SSSR count). The van der Waals surface area contributed by atoms with Crippen LogP contribution in [0.2, 0.25) is 0 Å². The summed E-state index contributed by atoms with van der Waals surface area (Å²) in [6.07, 6.45) is 0.256. The number of hydroxylamine groups is 2. The van der Waals surface area contributed by atoms with Gasteiger partial charge in [-0.05, 0) is 18.1 Å². The fraction of sp³-hybridized carbons (Fsp3) is 0.308.